The largest absolute Gasteiger partial charge is 0.468 e. The van der Waals surface area contributed by atoms with Crippen molar-refractivity contribution in [2.45, 2.75) is 31.4 Å². The van der Waals surface area contributed by atoms with Crippen LogP contribution in [0.1, 0.15) is 26.7 Å². The van der Waals surface area contributed by atoms with Gasteiger partial charge in [-0.3, -0.25) is 9.59 Å². The van der Waals surface area contributed by atoms with Gasteiger partial charge in [-0.15, -0.1) is 0 Å². The van der Waals surface area contributed by atoms with Crippen LogP contribution in [0.3, 0.4) is 0 Å². The van der Waals surface area contributed by atoms with Gasteiger partial charge in [-0.1, -0.05) is 21.6 Å². The third-order valence-corrected chi connectivity index (χ3v) is 4.60. The monoisotopic (exact) mass is 265 g/mol. The second kappa shape index (κ2) is 7.84. The summed E-state index contributed by atoms with van der Waals surface area (Å²) in [6, 6.07) is 0. The van der Waals surface area contributed by atoms with Crippen molar-refractivity contribution < 1.29 is 14.3 Å². The quantitative estimate of drug-likeness (QED) is 0.562. The van der Waals surface area contributed by atoms with Crippen LogP contribution in [0, 0.1) is 0 Å². The molecule has 0 atom stereocenters. The zero-order chi connectivity index (χ0) is 12.6. The van der Waals surface area contributed by atoms with Gasteiger partial charge in [0, 0.05) is 11.2 Å². The van der Waals surface area contributed by atoms with Gasteiger partial charge in [0.25, 0.3) is 0 Å². The van der Waals surface area contributed by atoms with Crippen LogP contribution in [-0.2, 0) is 14.3 Å². The Morgan fingerprint density at radius 2 is 2.00 bits per heavy atom. The molecule has 0 saturated heterocycles. The van der Waals surface area contributed by atoms with Crippen molar-refractivity contribution in [1.82, 2.24) is 5.32 Å². The fourth-order valence-corrected chi connectivity index (χ4v) is 3.25. The lowest BCUT2D eigenvalue weighted by molar-refractivity contribution is -0.141. The summed E-state index contributed by atoms with van der Waals surface area (Å²) in [7, 11) is 4.74. The number of nitrogens with one attached hydrogen (secondary N) is 1. The first-order valence-electron chi connectivity index (χ1n) is 4.96. The van der Waals surface area contributed by atoms with Crippen molar-refractivity contribution in [2.24, 2.45) is 0 Å². The molecule has 0 aliphatic rings. The molecule has 1 N–H and O–H groups in total. The van der Waals surface area contributed by atoms with E-state index < -0.39 is 5.97 Å². The summed E-state index contributed by atoms with van der Waals surface area (Å²) in [5, 5.41) is 2.52. The van der Waals surface area contributed by atoms with E-state index in [-0.39, 0.29) is 17.2 Å². The highest BCUT2D eigenvalue weighted by Gasteiger charge is 2.19. The van der Waals surface area contributed by atoms with Crippen molar-refractivity contribution in [2.75, 3.05) is 19.9 Å². The molecule has 0 heterocycles. The molecule has 0 aromatic carbocycles. The molecule has 0 fully saturated rings. The fraction of sp³-hybridized carbons (Fsp3) is 0.800. The van der Waals surface area contributed by atoms with E-state index in [0.717, 1.165) is 6.42 Å². The van der Waals surface area contributed by atoms with Crippen LogP contribution in [0.15, 0.2) is 0 Å². The minimum atomic E-state index is -0.425. The summed E-state index contributed by atoms with van der Waals surface area (Å²) in [6.07, 6.45) is 3.23. The molecule has 94 valence electrons. The first-order chi connectivity index (χ1) is 7.41. The minimum Gasteiger partial charge on any atom is -0.468 e. The van der Waals surface area contributed by atoms with Gasteiger partial charge in [0.05, 0.1) is 7.11 Å². The summed E-state index contributed by atoms with van der Waals surface area (Å²) >= 11 is 0. The number of carbonyl (C=O) groups is 2. The highest BCUT2D eigenvalue weighted by Crippen LogP contribution is 2.36. The molecule has 0 saturated carbocycles. The highest BCUT2D eigenvalue weighted by atomic mass is 33.1. The molecule has 0 aromatic heterocycles. The molecule has 4 nitrogen and oxygen atoms in total. The van der Waals surface area contributed by atoms with Gasteiger partial charge in [-0.25, -0.2) is 0 Å². The first-order valence-corrected chi connectivity index (χ1v) is 7.52. The van der Waals surface area contributed by atoms with Gasteiger partial charge in [0.2, 0.25) is 5.91 Å². The number of rotatable bonds is 7. The maximum atomic E-state index is 11.4. The zero-order valence-corrected chi connectivity index (χ0v) is 11.8. The predicted molar refractivity (Wildman–Crippen MR) is 69.4 cm³/mol. The minimum absolute atomic E-state index is 0.0502. The molecule has 0 aromatic rings. The second-order valence-corrected chi connectivity index (χ2v) is 6.97. The number of hydrogen-bond donors (Lipinski definition) is 1. The Morgan fingerprint density at radius 3 is 2.50 bits per heavy atom. The van der Waals surface area contributed by atoms with E-state index in [9.17, 15) is 9.59 Å². The van der Waals surface area contributed by atoms with Crippen LogP contribution in [-0.4, -0.2) is 36.5 Å². The van der Waals surface area contributed by atoms with Gasteiger partial charge in [0.1, 0.15) is 6.54 Å². The fourth-order valence-electron chi connectivity index (χ4n) is 1.01. The smallest absolute Gasteiger partial charge is 0.325 e. The predicted octanol–water partition coefficient (Wildman–Crippen LogP) is 1.85. The van der Waals surface area contributed by atoms with E-state index in [4.69, 9.17) is 0 Å². The van der Waals surface area contributed by atoms with Crippen molar-refractivity contribution in [3.05, 3.63) is 0 Å². The van der Waals surface area contributed by atoms with Gasteiger partial charge in [-0.2, -0.15) is 0 Å². The summed E-state index contributed by atoms with van der Waals surface area (Å²) in [5.74, 6) is -0.536. The van der Waals surface area contributed by atoms with Crippen LogP contribution in [0.2, 0.25) is 0 Å². The lowest BCUT2D eigenvalue weighted by Crippen LogP contribution is -2.31. The van der Waals surface area contributed by atoms with Gasteiger partial charge in [-0.05, 0) is 26.5 Å². The summed E-state index contributed by atoms with van der Waals surface area (Å²) in [5.41, 5.74) is 0. The Bertz CT molecular complexity index is 244. The summed E-state index contributed by atoms with van der Waals surface area (Å²) in [6.45, 7) is 4.15. The maximum absolute atomic E-state index is 11.4. The number of amides is 1. The van der Waals surface area contributed by atoms with Crippen LogP contribution >= 0.6 is 21.6 Å². The average molecular weight is 265 g/mol. The Labute approximate surface area is 105 Å². The standard InChI is InChI=1S/C10H19NO3S2/c1-10(2,16-15-4)6-5-8(12)11-7-9(13)14-3/h5-7H2,1-4H3,(H,11,12). The van der Waals surface area contributed by atoms with Crippen molar-refractivity contribution in [3.63, 3.8) is 0 Å². The molecule has 16 heavy (non-hydrogen) atoms. The third kappa shape index (κ3) is 7.87. The van der Waals surface area contributed by atoms with E-state index >= 15 is 0 Å². The van der Waals surface area contributed by atoms with Crippen LogP contribution in [0.25, 0.3) is 0 Å². The summed E-state index contributed by atoms with van der Waals surface area (Å²) in [4.78, 5) is 22.2. The number of hydrogen-bond acceptors (Lipinski definition) is 5. The third-order valence-electron chi connectivity index (χ3n) is 1.92. The highest BCUT2D eigenvalue weighted by molar-refractivity contribution is 8.76. The zero-order valence-electron chi connectivity index (χ0n) is 10.2. The van der Waals surface area contributed by atoms with E-state index in [1.54, 1.807) is 21.6 Å². The molecular formula is C10H19NO3S2. The molecule has 0 rings (SSSR count). The second-order valence-electron chi connectivity index (χ2n) is 3.86. The Balaban J connectivity index is 3.76. The number of esters is 1. The van der Waals surface area contributed by atoms with Gasteiger partial charge >= 0.3 is 5.97 Å². The van der Waals surface area contributed by atoms with Gasteiger partial charge in [0.15, 0.2) is 0 Å². The van der Waals surface area contributed by atoms with Crippen LogP contribution < -0.4 is 5.32 Å². The summed E-state index contributed by atoms with van der Waals surface area (Å²) < 4.78 is 4.49. The average Bonchev–Trinajstić information content (AvgIpc) is 2.23. The Morgan fingerprint density at radius 1 is 1.38 bits per heavy atom. The van der Waals surface area contributed by atoms with E-state index in [2.05, 4.69) is 23.9 Å². The molecule has 1 amide bonds. The number of ether oxygens (including phenoxy) is 1. The lowest BCUT2D eigenvalue weighted by atomic mass is 10.1. The molecule has 0 spiro atoms. The molecule has 0 aliphatic carbocycles. The number of methoxy groups -OCH3 is 1. The van der Waals surface area contributed by atoms with Crippen molar-refractivity contribution in [3.8, 4) is 0 Å². The van der Waals surface area contributed by atoms with Gasteiger partial charge < -0.3 is 10.1 Å². The van der Waals surface area contributed by atoms with Crippen LogP contribution in [0.4, 0.5) is 0 Å². The van der Waals surface area contributed by atoms with E-state index in [1.165, 1.54) is 7.11 Å². The van der Waals surface area contributed by atoms with E-state index in [0.29, 0.717) is 6.42 Å². The molecule has 0 bridgehead atoms. The van der Waals surface area contributed by atoms with Crippen LogP contribution in [0.5, 0.6) is 0 Å². The topological polar surface area (TPSA) is 55.4 Å². The normalized spacial score (nSPS) is 11.0. The molecule has 6 heteroatoms. The van der Waals surface area contributed by atoms with E-state index in [1.807, 2.05) is 6.26 Å². The molecule has 0 radical (unpaired) electrons. The van der Waals surface area contributed by atoms with Crippen molar-refractivity contribution in [1.29, 1.82) is 0 Å². The van der Waals surface area contributed by atoms with Crippen molar-refractivity contribution >= 4 is 33.5 Å². The maximum Gasteiger partial charge on any atom is 0.325 e. The molecule has 0 aliphatic heterocycles. The Kier molecular flexibility index (Phi) is 7.66. The first kappa shape index (κ1) is 15.6. The molecular weight excluding hydrogens is 246 g/mol. The number of carbonyl (C=O) groups excluding carboxylic acids is 2. The Hall–Kier alpha value is -0.360. The SMILES string of the molecule is COC(=O)CNC(=O)CCC(C)(C)SSC. The molecule has 0 unspecified atom stereocenters. The lowest BCUT2D eigenvalue weighted by Gasteiger charge is -2.21.